The lowest BCUT2D eigenvalue weighted by Gasteiger charge is -2.16. The second kappa shape index (κ2) is 9.39. The third-order valence-corrected chi connectivity index (χ3v) is 2.88. The Bertz CT molecular complexity index is 354. The van der Waals surface area contributed by atoms with E-state index in [2.05, 4.69) is 6.42 Å². The van der Waals surface area contributed by atoms with Gasteiger partial charge in [0.25, 0.3) is 0 Å². The van der Waals surface area contributed by atoms with E-state index in [1.54, 1.807) is 0 Å². The molecule has 0 unspecified atom stereocenters. The summed E-state index contributed by atoms with van der Waals surface area (Å²) in [5.41, 5.74) is 0.813. The molecule has 0 atom stereocenters. The molecule has 0 aromatic heterocycles. The summed E-state index contributed by atoms with van der Waals surface area (Å²) in [5.74, 6) is -0.729. The fourth-order valence-electron chi connectivity index (χ4n) is 1.82. The van der Waals surface area contributed by atoms with Gasteiger partial charge >= 0.3 is 5.97 Å². The van der Waals surface area contributed by atoms with Crippen molar-refractivity contribution in [2.24, 2.45) is 0 Å². The maximum Gasteiger partial charge on any atom is 0.303 e. The number of aliphatic carboxylic acids is 1. The van der Waals surface area contributed by atoms with Crippen LogP contribution in [0, 0.1) is 6.42 Å². The van der Waals surface area contributed by atoms with Crippen molar-refractivity contribution in [3.63, 3.8) is 0 Å². The van der Waals surface area contributed by atoms with Gasteiger partial charge in [-0.3, -0.25) is 15.1 Å². The van der Waals surface area contributed by atoms with E-state index in [1.807, 2.05) is 30.3 Å². The predicted molar refractivity (Wildman–Crippen MR) is 75.2 cm³/mol. The number of anilines is 1. The number of hydrogen-bond acceptors (Lipinski definition) is 3. The van der Waals surface area contributed by atoms with E-state index in [-0.39, 0.29) is 6.42 Å². The summed E-state index contributed by atoms with van der Waals surface area (Å²) in [6.07, 6.45) is 6.85. The van der Waals surface area contributed by atoms with Crippen LogP contribution in [0.2, 0.25) is 0 Å². The average Bonchev–Trinajstić information content (AvgIpc) is 2.42. The first kappa shape index (κ1) is 15.5. The topological polar surface area (TPSA) is 60.8 Å². The lowest BCUT2D eigenvalue weighted by Crippen LogP contribution is -2.19. The number of hydrogen-bond donors (Lipinski definition) is 2. The molecule has 0 spiro atoms. The standard InChI is InChI=1S/C15H22NO3/c17-15(18)12-8-3-1-2-4-9-13-16(19)14-10-6-5-7-11-14/h1,5-7,10-11,19H,2-4,8-9,12-13H2,(H,17,18). The molecular formula is C15H22NO3. The quantitative estimate of drug-likeness (QED) is 0.501. The molecular weight excluding hydrogens is 242 g/mol. The molecule has 1 aromatic rings. The van der Waals surface area contributed by atoms with Crippen molar-refractivity contribution in [1.29, 1.82) is 0 Å². The molecule has 0 bridgehead atoms. The van der Waals surface area contributed by atoms with Crippen molar-refractivity contribution in [3.8, 4) is 0 Å². The van der Waals surface area contributed by atoms with E-state index >= 15 is 0 Å². The molecule has 4 heteroatoms. The minimum Gasteiger partial charge on any atom is -0.481 e. The van der Waals surface area contributed by atoms with Crippen LogP contribution in [0.1, 0.15) is 38.5 Å². The molecule has 0 aliphatic heterocycles. The van der Waals surface area contributed by atoms with Crippen LogP contribution in [0.25, 0.3) is 0 Å². The van der Waals surface area contributed by atoms with Gasteiger partial charge in [-0.25, -0.2) is 0 Å². The lowest BCUT2D eigenvalue weighted by molar-refractivity contribution is -0.137. The van der Waals surface area contributed by atoms with Crippen LogP contribution in [0.3, 0.4) is 0 Å². The first-order chi connectivity index (χ1) is 9.20. The van der Waals surface area contributed by atoms with E-state index in [1.165, 1.54) is 5.06 Å². The third kappa shape index (κ3) is 7.47. The van der Waals surface area contributed by atoms with Gasteiger partial charge < -0.3 is 5.11 Å². The Kier molecular flexibility index (Phi) is 7.66. The molecule has 0 saturated heterocycles. The molecule has 1 rings (SSSR count). The van der Waals surface area contributed by atoms with Crippen molar-refractivity contribution in [3.05, 3.63) is 36.8 Å². The van der Waals surface area contributed by atoms with Crippen LogP contribution in [0.15, 0.2) is 30.3 Å². The Morgan fingerprint density at radius 3 is 2.47 bits per heavy atom. The monoisotopic (exact) mass is 264 g/mol. The van der Waals surface area contributed by atoms with Crippen LogP contribution in [0.4, 0.5) is 5.69 Å². The van der Waals surface area contributed by atoms with Crippen molar-refractivity contribution in [2.75, 3.05) is 11.6 Å². The molecule has 0 fully saturated rings. The summed E-state index contributed by atoms with van der Waals surface area (Å²) < 4.78 is 0. The zero-order valence-corrected chi connectivity index (χ0v) is 11.2. The Labute approximate surface area is 114 Å². The number of carbonyl (C=O) groups is 1. The number of hydroxylamine groups is 1. The number of para-hydroxylation sites is 1. The Morgan fingerprint density at radius 1 is 1.11 bits per heavy atom. The first-order valence-electron chi connectivity index (χ1n) is 6.75. The van der Waals surface area contributed by atoms with Gasteiger partial charge in [0.1, 0.15) is 0 Å². The molecule has 0 heterocycles. The molecule has 1 aromatic carbocycles. The SMILES string of the molecule is O=C(O)CCC[CH]CCCCN(O)c1ccccc1. The minimum absolute atomic E-state index is 0.245. The van der Waals surface area contributed by atoms with Crippen LogP contribution >= 0.6 is 0 Å². The highest BCUT2D eigenvalue weighted by Gasteiger charge is 2.01. The maximum atomic E-state index is 10.3. The summed E-state index contributed by atoms with van der Waals surface area (Å²) in [4.78, 5) is 10.3. The summed E-state index contributed by atoms with van der Waals surface area (Å²) in [6.45, 7) is 0.618. The summed E-state index contributed by atoms with van der Waals surface area (Å²) in [7, 11) is 0. The Hall–Kier alpha value is -1.55. The number of unbranched alkanes of at least 4 members (excludes halogenated alkanes) is 5. The first-order valence-corrected chi connectivity index (χ1v) is 6.75. The lowest BCUT2D eigenvalue weighted by atomic mass is 10.1. The minimum atomic E-state index is -0.729. The van der Waals surface area contributed by atoms with E-state index < -0.39 is 5.97 Å². The van der Waals surface area contributed by atoms with Crippen molar-refractivity contribution >= 4 is 11.7 Å². The summed E-state index contributed by atoms with van der Waals surface area (Å²) in [5, 5.41) is 19.5. The summed E-state index contributed by atoms with van der Waals surface area (Å²) >= 11 is 0. The highest BCUT2D eigenvalue weighted by Crippen LogP contribution is 2.12. The largest absolute Gasteiger partial charge is 0.481 e. The number of benzene rings is 1. The maximum absolute atomic E-state index is 10.3. The van der Waals surface area contributed by atoms with E-state index in [0.29, 0.717) is 13.0 Å². The Morgan fingerprint density at radius 2 is 1.79 bits per heavy atom. The molecule has 0 amide bonds. The van der Waals surface area contributed by atoms with Gasteiger partial charge in [-0.2, -0.15) is 0 Å². The van der Waals surface area contributed by atoms with Gasteiger partial charge in [0.2, 0.25) is 0 Å². The van der Waals surface area contributed by atoms with Crippen molar-refractivity contribution in [1.82, 2.24) is 0 Å². The molecule has 0 aliphatic rings. The summed E-state index contributed by atoms with van der Waals surface area (Å²) in [6, 6.07) is 9.46. The third-order valence-electron chi connectivity index (χ3n) is 2.88. The van der Waals surface area contributed by atoms with Gasteiger partial charge in [0.15, 0.2) is 0 Å². The highest BCUT2D eigenvalue weighted by molar-refractivity contribution is 5.66. The van der Waals surface area contributed by atoms with E-state index in [0.717, 1.165) is 31.4 Å². The van der Waals surface area contributed by atoms with Crippen molar-refractivity contribution < 1.29 is 15.1 Å². The van der Waals surface area contributed by atoms with Crippen LogP contribution in [-0.4, -0.2) is 22.8 Å². The molecule has 4 nitrogen and oxygen atoms in total. The van der Waals surface area contributed by atoms with Crippen LogP contribution < -0.4 is 5.06 Å². The fourth-order valence-corrected chi connectivity index (χ4v) is 1.82. The van der Waals surface area contributed by atoms with E-state index in [9.17, 15) is 10.0 Å². The van der Waals surface area contributed by atoms with E-state index in [4.69, 9.17) is 5.11 Å². The molecule has 2 N–H and O–H groups in total. The predicted octanol–water partition coefficient (Wildman–Crippen LogP) is 3.51. The zero-order valence-electron chi connectivity index (χ0n) is 11.2. The molecule has 0 saturated carbocycles. The van der Waals surface area contributed by atoms with Gasteiger partial charge in [-0.1, -0.05) is 31.0 Å². The van der Waals surface area contributed by atoms with Crippen LogP contribution in [0.5, 0.6) is 0 Å². The number of carboxylic acid groups (broad SMARTS) is 1. The molecule has 0 aliphatic carbocycles. The second-order valence-corrected chi connectivity index (χ2v) is 4.53. The number of nitrogens with zero attached hydrogens (tertiary/aromatic N) is 1. The smallest absolute Gasteiger partial charge is 0.303 e. The van der Waals surface area contributed by atoms with Gasteiger partial charge in [-0.15, -0.1) is 0 Å². The number of rotatable bonds is 10. The molecule has 105 valence electrons. The van der Waals surface area contributed by atoms with Gasteiger partial charge in [0.05, 0.1) is 5.69 Å². The normalized spacial score (nSPS) is 10.4. The fraction of sp³-hybridized carbons (Fsp3) is 0.467. The Balaban J connectivity index is 1.98. The van der Waals surface area contributed by atoms with Crippen LogP contribution in [-0.2, 0) is 4.79 Å². The number of carboxylic acids is 1. The highest BCUT2D eigenvalue weighted by atomic mass is 16.5. The molecule has 1 radical (unpaired) electrons. The molecule has 19 heavy (non-hydrogen) atoms. The zero-order chi connectivity index (χ0) is 13.9. The second-order valence-electron chi connectivity index (χ2n) is 4.53. The van der Waals surface area contributed by atoms with Gasteiger partial charge in [-0.05, 0) is 37.8 Å². The average molecular weight is 264 g/mol. The van der Waals surface area contributed by atoms with Gasteiger partial charge in [0, 0.05) is 13.0 Å². The van der Waals surface area contributed by atoms with Crippen molar-refractivity contribution in [2.45, 2.75) is 38.5 Å².